The van der Waals surface area contributed by atoms with E-state index < -0.39 is 17.1 Å². The predicted molar refractivity (Wildman–Crippen MR) is 74.6 cm³/mol. The van der Waals surface area contributed by atoms with Crippen LogP contribution in [-0.4, -0.2) is 34.1 Å². The van der Waals surface area contributed by atoms with E-state index in [4.69, 9.17) is 0 Å². The van der Waals surface area contributed by atoms with E-state index in [9.17, 15) is 14.0 Å². The topological polar surface area (TPSA) is 58.1 Å². The average molecular weight is 277 g/mol. The van der Waals surface area contributed by atoms with Gasteiger partial charge in [-0.2, -0.15) is 0 Å². The van der Waals surface area contributed by atoms with Gasteiger partial charge in [-0.3, -0.25) is 9.36 Å². The van der Waals surface area contributed by atoms with Crippen LogP contribution in [0.1, 0.15) is 19.4 Å². The molecule has 0 bridgehead atoms. The molecule has 20 heavy (non-hydrogen) atoms. The van der Waals surface area contributed by atoms with E-state index in [1.807, 2.05) is 6.92 Å². The number of hydrogen-bond acceptors (Lipinski definition) is 3. The zero-order valence-corrected chi connectivity index (χ0v) is 11.2. The minimum absolute atomic E-state index is 0.0101. The SMILES string of the molecule is CCN1CCC(n2c(=O)[nH]c3c(F)cccc3c2=O)C1. The van der Waals surface area contributed by atoms with Crippen molar-refractivity contribution in [2.45, 2.75) is 19.4 Å². The van der Waals surface area contributed by atoms with Gasteiger partial charge < -0.3 is 9.88 Å². The molecule has 1 fully saturated rings. The molecule has 0 amide bonds. The van der Waals surface area contributed by atoms with Crippen LogP contribution in [0.5, 0.6) is 0 Å². The third-order valence-corrected chi connectivity index (χ3v) is 3.97. The molecule has 1 saturated heterocycles. The Hall–Kier alpha value is -1.95. The van der Waals surface area contributed by atoms with Gasteiger partial charge in [-0.25, -0.2) is 9.18 Å². The van der Waals surface area contributed by atoms with Crippen LogP contribution in [0.4, 0.5) is 4.39 Å². The van der Waals surface area contributed by atoms with Gasteiger partial charge in [0.05, 0.1) is 16.9 Å². The number of hydrogen-bond donors (Lipinski definition) is 1. The number of halogens is 1. The van der Waals surface area contributed by atoms with Crippen LogP contribution in [0, 0.1) is 5.82 Å². The number of aromatic nitrogens is 2. The summed E-state index contributed by atoms with van der Waals surface area (Å²) in [6.07, 6.45) is 0.762. The number of fused-ring (bicyclic) bond motifs is 1. The first-order chi connectivity index (χ1) is 9.61. The second kappa shape index (κ2) is 4.86. The van der Waals surface area contributed by atoms with E-state index in [0.717, 1.165) is 19.5 Å². The first kappa shape index (κ1) is 13.1. The largest absolute Gasteiger partial charge is 0.329 e. The molecule has 2 heterocycles. The van der Waals surface area contributed by atoms with Crippen LogP contribution < -0.4 is 11.2 Å². The van der Waals surface area contributed by atoms with Gasteiger partial charge >= 0.3 is 5.69 Å². The number of rotatable bonds is 2. The summed E-state index contributed by atoms with van der Waals surface area (Å²) in [5.41, 5.74) is -0.953. The Balaban J connectivity index is 2.18. The molecule has 6 heteroatoms. The highest BCUT2D eigenvalue weighted by Gasteiger charge is 2.26. The summed E-state index contributed by atoms with van der Waals surface area (Å²) in [5.74, 6) is -0.578. The van der Waals surface area contributed by atoms with Crippen molar-refractivity contribution in [1.29, 1.82) is 0 Å². The van der Waals surface area contributed by atoms with Crippen molar-refractivity contribution in [3.63, 3.8) is 0 Å². The normalized spacial score (nSPS) is 19.8. The molecule has 1 aromatic heterocycles. The molecule has 1 aliphatic heterocycles. The molecule has 1 atom stereocenters. The maximum Gasteiger partial charge on any atom is 0.329 e. The quantitative estimate of drug-likeness (QED) is 0.894. The van der Waals surface area contributed by atoms with E-state index >= 15 is 0 Å². The van der Waals surface area contributed by atoms with Crippen molar-refractivity contribution in [3.05, 3.63) is 44.9 Å². The fourth-order valence-corrected chi connectivity index (χ4v) is 2.86. The Labute approximate surface area is 114 Å². The van der Waals surface area contributed by atoms with E-state index in [2.05, 4.69) is 9.88 Å². The molecule has 3 rings (SSSR count). The Kier molecular flexibility index (Phi) is 3.17. The van der Waals surface area contributed by atoms with Crippen LogP contribution in [0.25, 0.3) is 10.9 Å². The number of aromatic amines is 1. The highest BCUT2D eigenvalue weighted by atomic mass is 19.1. The predicted octanol–water partition coefficient (Wildman–Crippen LogP) is 1.10. The van der Waals surface area contributed by atoms with Gasteiger partial charge in [-0.1, -0.05) is 13.0 Å². The highest BCUT2D eigenvalue weighted by molar-refractivity contribution is 5.77. The molecular weight excluding hydrogens is 261 g/mol. The number of likely N-dealkylation sites (N-methyl/N-ethyl adjacent to an activating group) is 1. The van der Waals surface area contributed by atoms with Gasteiger partial charge in [-0.05, 0) is 25.1 Å². The number of benzene rings is 1. The molecule has 1 unspecified atom stereocenters. The number of likely N-dealkylation sites (tertiary alicyclic amines) is 1. The molecule has 5 nitrogen and oxygen atoms in total. The molecule has 2 aromatic rings. The van der Waals surface area contributed by atoms with E-state index in [-0.39, 0.29) is 16.9 Å². The van der Waals surface area contributed by atoms with Gasteiger partial charge in [0.15, 0.2) is 0 Å². The van der Waals surface area contributed by atoms with Crippen LogP contribution in [-0.2, 0) is 0 Å². The summed E-state index contributed by atoms with van der Waals surface area (Å²) < 4.78 is 14.9. The maximum absolute atomic E-state index is 13.6. The van der Waals surface area contributed by atoms with Gasteiger partial charge in [0.1, 0.15) is 5.82 Å². The molecule has 1 N–H and O–H groups in total. The summed E-state index contributed by atoms with van der Waals surface area (Å²) >= 11 is 0. The lowest BCUT2D eigenvalue weighted by Gasteiger charge is -2.15. The first-order valence-corrected chi connectivity index (χ1v) is 6.77. The van der Waals surface area contributed by atoms with Crippen molar-refractivity contribution < 1.29 is 4.39 Å². The summed E-state index contributed by atoms with van der Waals surface area (Å²) in [5, 5.41) is 0.222. The highest BCUT2D eigenvalue weighted by Crippen LogP contribution is 2.19. The number of H-pyrrole nitrogens is 1. The van der Waals surface area contributed by atoms with Gasteiger partial charge in [0.2, 0.25) is 0 Å². The Morgan fingerprint density at radius 3 is 2.90 bits per heavy atom. The first-order valence-electron chi connectivity index (χ1n) is 6.77. The van der Waals surface area contributed by atoms with Crippen molar-refractivity contribution in [2.24, 2.45) is 0 Å². The number of nitrogens with one attached hydrogen (secondary N) is 1. The Morgan fingerprint density at radius 2 is 2.20 bits per heavy atom. The van der Waals surface area contributed by atoms with Crippen LogP contribution in [0.3, 0.4) is 0 Å². The standard InChI is InChI=1S/C14H16FN3O2/c1-2-17-7-6-9(8-17)18-13(19)10-4-3-5-11(15)12(10)16-14(18)20/h3-5,9H,2,6-8H2,1H3,(H,16,20). The van der Waals surface area contributed by atoms with E-state index in [0.29, 0.717) is 6.54 Å². The van der Waals surface area contributed by atoms with Crippen molar-refractivity contribution in [2.75, 3.05) is 19.6 Å². The van der Waals surface area contributed by atoms with Gasteiger partial charge in [0, 0.05) is 13.1 Å². The lowest BCUT2D eigenvalue weighted by atomic mass is 10.2. The minimum atomic E-state index is -0.578. The van der Waals surface area contributed by atoms with E-state index in [1.54, 1.807) is 6.07 Å². The molecule has 0 aliphatic carbocycles. The summed E-state index contributed by atoms with van der Waals surface area (Å²) in [7, 11) is 0. The van der Waals surface area contributed by atoms with Crippen LogP contribution >= 0.6 is 0 Å². The lowest BCUT2D eigenvalue weighted by Crippen LogP contribution is -2.39. The Bertz CT molecular complexity index is 765. The number of nitrogens with zero attached hydrogens (tertiary/aromatic N) is 2. The summed E-state index contributed by atoms with van der Waals surface area (Å²) in [6, 6.07) is 4.11. The second-order valence-corrected chi connectivity index (χ2v) is 5.10. The van der Waals surface area contributed by atoms with Crippen molar-refractivity contribution in [3.8, 4) is 0 Å². The molecule has 106 valence electrons. The molecule has 0 spiro atoms. The van der Waals surface area contributed by atoms with Crippen molar-refractivity contribution in [1.82, 2.24) is 14.5 Å². The lowest BCUT2D eigenvalue weighted by molar-refractivity contribution is 0.338. The molecule has 0 saturated carbocycles. The third-order valence-electron chi connectivity index (χ3n) is 3.97. The number of para-hydroxylation sites is 1. The molecule has 1 aliphatic rings. The zero-order chi connectivity index (χ0) is 14.3. The Morgan fingerprint density at radius 1 is 1.40 bits per heavy atom. The van der Waals surface area contributed by atoms with Gasteiger partial charge in [0.25, 0.3) is 5.56 Å². The second-order valence-electron chi connectivity index (χ2n) is 5.10. The summed E-state index contributed by atoms with van der Waals surface area (Å²) in [6.45, 7) is 4.49. The fourth-order valence-electron chi connectivity index (χ4n) is 2.86. The zero-order valence-electron chi connectivity index (χ0n) is 11.2. The molecular formula is C14H16FN3O2. The van der Waals surface area contributed by atoms with Gasteiger partial charge in [-0.15, -0.1) is 0 Å². The smallest absolute Gasteiger partial charge is 0.304 e. The molecule has 0 radical (unpaired) electrons. The van der Waals surface area contributed by atoms with Crippen LogP contribution in [0.15, 0.2) is 27.8 Å². The maximum atomic E-state index is 13.6. The summed E-state index contributed by atoms with van der Waals surface area (Å²) in [4.78, 5) is 29.2. The third kappa shape index (κ3) is 1.96. The fraction of sp³-hybridized carbons (Fsp3) is 0.429. The molecule has 1 aromatic carbocycles. The van der Waals surface area contributed by atoms with Crippen molar-refractivity contribution >= 4 is 10.9 Å². The van der Waals surface area contributed by atoms with Crippen LogP contribution in [0.2, 0.25) is 0 Å². The monoisotopic (exact) mass is 277 g/mol. The average Bonchev–Trinajstić information content (AvgIpc) is 2.89. The minimum Gasteiger partial charge on any atom is -0.304 e. The van der Waals surface area contributed by atoms with E-state index in [1.165, 1.54) is 16.7 Å².